The minimum absolute atomic E-state index is 0.200. The standard InChI is InChI=1S/C11H12N2O2/c1-8-11(14)7-13(12-8)9-3-5-10(15-2)6-4-9/h3-7,14H,1-2H3. The van der Waals surface area contributed by atoms with Crippen LogP contribution in [0.15, 0.2) is 30.5 Å². The molecule has 0 radical (unpaired) electrons. The van der Waals surface area contributed by atoms with E-state index in [2.05, 4.69) is 5.10 Å². The lowest BCUT2D eigenvalue weighted by Crippen LogP contribution is -1.94. The maximum atomic E-state index is 9.39. The van der Waals surface area contributed by atoms with Crippen molar-refractivity contribution in [2.45, 2.75) is 6.92 Å². The van der Waals surface area contributed by atoms with Crippen molar-refractivity contribution >= 4 is 0 Å². The van der Waals surface area contributed by atoms with Gasteiger partial charge < -0.3 is 9.84 Å². The van der Waals surface area contributed by atoms with E-state index >= 15 is 0 Å². The summed E-state index contributed by atoms with van der Waals surface area (Å²) in [6, 6.07) is 7.46. The molecule has 0 unspecified atom stereocenters. The van der Waals surface area contributed by atoms with E-state index in [9.17, 15) is 5.11 Å². The van der Waals surface area contributed by atoms with Gasteiger partial charge in [-0.25, -0.2) is 4.68 Å². The molecule has 15 heavy (non-hydrogen) atoms. The molecule has 78 valence electrons. The lowest BCUT2D eigenvalue weighted by Gasteiger charge is -2.02. The number of aromatic nitrogens is 2. The van der Waals surface area contributed by atoms with Crippen LogP contribution in [0.25, 0.3) is 5.69 Å². The smallest absolute Gasteiger partial charge is 0.156 e. The number of hydrogen-bond donors (Lipinski definition) is 1. The Labute approximate surface area is 87.7 Å². The van der Waals surface area contributed by atoms with Crippen LogP contribution in [-0.4, -0.2) is 22.0 Å². The number of benzene rings is 1. The largest absolute Gasteiger partial charge is 0.504 e. The highest BCUT2D eigenvalue weighted by Crippen LogP contribution is 2.18. The fourth-order valence-corrected chi connectivity index (χ4v) is 1.32. The maximum Gasteiger partial charge on any atom is 0.156 e. The van der Waals surface area contributed by atoms with E-state index < -0.39 is 0 Å². The van der Waals surface area contributed by atoms with Crippen molar-refractivity contribution in [3.05, 3.63) is 36.2 Å². The molecule has 2 aromatic rings. The summed E-state index contributed by atoms with van der Waals surface area (Å²) in [7, 11) is 1.62. The minimum Gasteiger partial charge on any atom is -0.504 e. The summed E-state index contributed by atoms with van der Waals surface area (Å²) in [5.41, 5.74) is 1.50. The van der Waals surface area contributed by atoms with Crippen LogP contribution in [-0.2, 0) is 0 Å². The lowest BCUT2D eigenvalue weighted by molar-refractivity contribution is 0.414. The Kier molecular flexibility index (Phi) is 2.33. The van der Waals surface area contributed by atoms with Gasteiger partial charge >= 0.3 is 0 Å². The number of aryl methyl sites for hydroxylation is 1. The number of ether oxygens (including phenoxy) is 1. The summed E-state index contributed by atoms with van der Waals surface area (Å²) < 4.78 is 6.68. The molecule has 0 amide bonds. The quantitative estimate of drug-likeness (QED) is 0.812. The minimum atomic E-state index is 0.200. The van der Waals surface area contributed by atoms with Gasteiger partial charge in [-0.15, -0.1) is 0 Å². The van der Waals surface area contributed by atoms with Crippen LogP contribution in [0.3, 0.4) is 0 Å². The van der Waals surface area contributed by atoms with Crippen LogP contribution in [0.4, 0.5) is 0 Å². The summed E-state index contributed by atoms with van der Waals surface area (Å²) >= 11 is 0. The topological polar surface area (TPSA) is 47.3 Å². The molecule has 2 rings (SSSR count). The molecule has 0 atom stereocenters. The van der Waals surface area contributed by atoms with Crippen LogP contribution >= 0.6 is 0 Å². The van der Waals surface area contributed by atoms with Gasteiger partial charge in [0.2, 0.25) is 0 Å². The Balaban J connectivity index is 2.37. The average molecular weight is 204 g/mol. The van der Waals surface area contributed by atoms with Gasteiger partial charge in [0.25, 0.3) is 0 Å². The average Bonchev–Trinajstić information content (AvgIpc) is 2.59. The molecular formula is C11H12N2O2. The molecular weight excluding hydrogens is 192 g/mol. The number of methoxy groups -OCH3 is 1. The molecule has 1 aromatic heterocycles. The third kappa shape index (κ3) is 1.79. The Morgan fingerprint density at radius 2 is 1.93 bits per heavy atom. The van der Waals surface area contributed by atoms with Crippen molar-refractivity contribution in [2.24, 2.45) is 0 Å². The Morgan fingerprint density at radius 1 is 1.27 bits per heavy atom. The van der Waals surface area contributed by atoms with Crippen molar-refractivity contribution < 1.29 is 9.84 Å². The van der Waals surface area contributed by atoms with Gasteiger partial charge in [0.15, 0.2) is 5.75 Å². The number of nitrogens with zero attached hydrogens (tertiary/aromatic N) is 2. The van der Waals surface area contributed by atoms with Crippen LogP contribution in [0.5, 0.6) is 11.5 Å². The van der Waals surface area contributed by atoms with Crippen LogP contribution in [0, 0.1) is 6.92 Å². The predicted octanol–water partition coefficient (Wildman–Crippen LogP) is 1.89. The third-order valence-electron chi connectivity index (χ3n) is 2.21. The van der Waals surface area contributed by atoms with Crippen molar-refractivity contribution in [3.63, 3.8) is 0 Å². The zero-order chi connectivity index (χ0) is 10.8. The molecule has 1 aromatic carbocycles. The van der Waals surface area contributed by atoms with Gasteiger partial charge in [0.05, 0.1) is 19.0 Å². The molecule has 0 saturated heterocycles. The highest BCUT2D eigenvalue weighted by molar-refractivity contribution is 5.38. The van der Waals surface area contributed by atoms with Gasteiger partial charge in [-0.05, 0) is 31.2 Å². The maximum absolute atomic E-state index is 9.39. The number of aromatic hydroxyl groups is 1. The monoisotopic (exact) mass is 204 g/mol. The summed E-state index contributed by atoms with van der Waals surface area (Å²) in [6.07, 6.45) is 1.58. The molecule has 0 aliphatic carbocycles. The molecule has 0 fully saturated rings. The highest BCUT2D eigenvalue weighted by Gasteiger charge is 2.04. The molecule has 0 aliphatic heterocycles. The van der Waals surface area contributed by atoms with Gasteiger partial charge in [-0.3, -0.25) is 0 Å². The molecule has 0 spiro atoms. The molecule has 4 nitrogen and oxygen atoms in total. The second-order valence-corrected chi connectivity index (χ2v) is 3.24. The fraction of sp³-hybridized carbons (Fsp3) is 0.182. The second-order valence-electron chi connectivity index (χ2n) is 3.24. The van der Waals surface area contributed by atoms with Gasteiger partial charge in [0, 0.05) is 0 Å². The van der Waals surface area contributed by atoms with E-state index in [4.69, 9.17) is 4.74 Å². The van der Waals surface area contributed by atoms with Crippen LogP contribution in [0.2, 0.25) is 0 Å². The number of hydrogen-bond acceptors (Lipinski definition) is 3. The van der Waals surface area contributed by atoms with Crippen molar-refractivity contribution in [1.29, 1.82) is 0 Å². The molecule has 0 aliphatic rings. The van der Waals surface area contributed by atoms with Crippen molar-refractivity contribution in [3.8, 4) is 17.2 Å². The zero-order valence-corrected chi connectivity index (χ0v) is 8.64. The first-order valence-electron chi connectivity index (χ1n) is 4.60. The number of rotatable bonds is 2. The lowest BCUT2D eigenvalue weighted by atomic mass is 10.3. The SMILES string of the molecule is COc1ccc(-n2cc(O)c(C)n2)cc1. The summed E-state index contributed by atoms with van der Waals surface area (Å²) in [5.74, 6) is 0.998. The fourth-order valence-electron chi connectivity index (χ4n) is 1.32. The summed E-state index contributed by atoms with van der Waals surface area (Å²) in [4.78, 5) is 0. The first kappa shape index (κ1) is 9.58. The summed E-state index contributed by atoms with van der Waals surface area (Å²) in [6.45, 7) is 1.76. The van der Waals surface area contributed by atoms with Crippen molar-refractivity contribution in [1.82, 2.24) is 9.78 Å². The first-order chi connectivity index (χ1) is 7.20. The molecule has 1 N–H and O–H groups in total. The van der Waals surface area contributed by atoms with Crippen LogP contribution < -0.4 is 4.74 Å². The molecule has 0 bridgehead atoms. The van der Waals surface area contributed by atoms with E-state index in [-0.39, 0.29) is 5.75 Å². The Bertz CT molecular complexity index is 440. The van der Waals surface area contributed by atoms with E-state index in [1.807, 2.05) is 24.3 Å². The zero-order valence-electron chi connectivity index (χ0n) is 8.64. The Hall–Kier alpha value is -1.97. The molecule has 4 heteroatoms. The third-order valence-corrected chi connectivity index (χ3v) is 2.21. The van der Waals surface area contributed by atoms with E-state index in [0.717, 1.165) is 11.4 Å². The predicted molar refractivity (Wildman–Crippen MR) is 56.5 cm³/mol. The molecule has 1 heterocycles. The summed E-state index contributed by atoms with van der Waals surface area (Å²) in [5, 5.41) is 13.6. The molecule has 0 saturated carbocycles. The van der Waals surface area contributed by atoms with E-state index in [1.54, 1.807) is 24.9 Å². The van der Waals surface area contributed by atoms with E-state index in [0.29, 0.717) is 5.69 Å². The van der Waals surface area contributed by atoms with Gasteiger partial charge in [0.1, 0.15) is 11.4 Å². The van der Waals surface area contributed by atoms with Crippen molar-refractivity contribution in [2.75, 3.05) is 7.11 Å². The van der Waals surface area contributed by atoms with Gasteiger partial charge in [-0.2, -0.15) is 5.10 Å². The van der Waals surface area contributed by atoms with E-state index in [1.165, 1.54) is 0 Å². The van der Waals surface area contributed by atoms with Crippen LogP contribution in [0.1, 0.15) is 5.69 Å². The second kappa shape index (κ2) is 3.65. The first-order valence-corrected chi connectivity index (χ1v) is 4.60. The Morgan fingerprint density at radius 3 is 2.40 bits per heavy atom. The highest BCUT2D eigenvalue weighted by atomic mass is 16.5. The van der Waals surface area contributed by atoms with Gasteiger partial charge in [-0.1, -0.05) is 0 Å². The normalized spacial score (nSPS) is 10.3.